The third-order valence-electron chi connectivity index (χ3n) is 1.21. The molecule has 6 heteroatoms. The van der Waals surface area contributed by atoms with Gasteiger partial charge in [-0.15, -0.1) is 0 Å². The lowest BCUT2D eigenvalue weighted by molar-refractivity contribution is -0.141. The molecule has 0 bridgehead atoms. The smallest absolute Gasteiger partial charge is 0.337 e. The summed E-state index contributed by atoms with van der Waals surface area (Å²) in [5, 5.41) is 16.9. The maximum atomic E-state index is 10.5. The van der Waals surface area contributed by atoms with E-state index >= 15 is 0 Å². The second kappa shape index (κ2) is 5.28. The lowest BCUT2D eigenvalue weighted by atomic mass is 10.2. The van der Waals surface area contributed by atoms with Crippen LogP contribution >= 0.6 is 0 Å². The Morgan fingerprint density at radius 2 is 1.69 bits per heavy atom. The third kappa shape index (κ3) is 3.68. The highest BCUT2D eigenvalue weighted by Crippen LogP contribution is 2.06. The predicted molar refractivity (Wildman–Crippen MR) is 41.2 cm³/mol. The standard InChI is InChI=1S/C7H10O6/c1-12-7(13-2)4(6(10)11)3-5(8)9/h3,7H,1-2H3,(H,8,9)(H,10,11)/b4-3+. The average molecular weight is 190 g/mol. The fraction of sp³-hybridized carbons (Fsp3) is 0.429. The molecule has 0 atom stereocenters. The molecule has 0 aliphatic rings. The molecular formula is C7H10O6. The zero-order valence-corrected chi connectivity index (χ0v) is 7.18. The number of carboxylic acid groups (broad SMARTS) is 2. The molecule has 0 radical (unpaired) electrons. The molecule has 0 aromatic rings. The molecule has 0 aromatic carbocycles. The minimum absolute atomic E-state index is 0.461. The summed E-state index contributed by atoms with van der Waals surface area (Å²) in [6, 6.07) is 0. The van der Waals surface area contributed by atoms with Crippen LogP contribution in [0.5, 0.6) is 0 Å². The van der Waals surface area contributed by atoms with Crippen molar-refractivity contribution in [3.8, 4) is 0 Å². The van der Waals surface area contributed by atoms with Crippen LogP contribution in [0.25, 0.3) is 0 Å². The zero-order valence-electron chi connectivity index (χ0n) is 7.18. The molecular weight excluding hydrogens is 180 g/mol. The van der Waals surface area contributed by atoms with Crippen LogP contribution in [0.15, 0.2) is 11.6 Å². The van der Waals surface area contributed by atoms with Crippen LogP contribution in [-0.4, -0.2) is 42.7 Å². The lowest BCUT2D eigenvalue weighted by Crippen LogP contribution is -2.23. The van der Waals surface area contributed by atoms with Gasteiger partial charge in [0.25, 0.3) is 0 Å². The van der Waals surface area contributed by atoms with Gasteiger partial charge in [-0.2, -0.15) is 0 Å². The van der Waals surface area contributed by atoms with Crippen molar-refractivity contribution < 1.29 is 29.3 Å². The predicted octanol–water partition coefficient (Wildman–Crippen LogP) is -0.299. The van der Waals surface area contributed by atoms with Crippen molar-refractivity contribution in [2.75, 3.05) is 14.2 Å². The van der Waals surface area contributed by atoms with Crippen LogP contribution in [-0.2, 0) is 19.1 Å². The summed E-state index contributed by atoms with van der Waals surface area (Å²) in [4.78, 5) is 20.7. The van der Waals surface area contributed by atoms with Crippen LogP contribution < -0.4 is 0 Å². The van der Waals surface area contributed by atoms with Crippen molar-refractivity contribution in [3.63, 3.8) is 0 Å². The molecule has 0 saturated heterocycles. The Kier molecular flexibility index (Phi) is 4.71. The van der Waals surface area contributed by atoms with Crippen LogP contribution in [0, 0.1) is 0 Å². The summed E-state index contributed by atoms with van der Waals surface area (Å²) >= 11 is 0. The van der Waals surface area contributed by atoms with E-state index in [-0.39, 0.29) is 0 Å². The summed E-state index contributed by atoms with van der Waals surface area (Å²) < 4.78 is 9.18. The second-order valence-corrected chi connectivity index (χ2v) is 2.05. The van der Waals surface area contributed by atoms with Crippen LogP contribution in [0.2, 0.25) is 0 Å². The molecule has 0 aromatic heterocycles. The molecule has 0 unspecified atom stereocenters. The number of hydrogen-bond donors (Lipinski definition) is 2. The maximum Gasteiger partial charge on any atom is 0.337 e. The zero-order chi connectivity index (χ0) is 10.4. The van der Waals surface area contributed by atoms with E-state index in [0.717, 1.165) is 0 Å². The third-order valence-corrected chi connectivity index (χ3v) is 1.21. The van der Waals surface area contributed by atoms with Crippen LogP contribution in [0.4, 0.5) is 0 Å². The van der Waals surface area contributed by atoms with E-state index in [1.165, 1.54) is 14.2 Å². The molecule has 6 nitrogen and oxygen atoms in total. The first-order valence-electron chi connectivity index (χ1n) is 3.26. The highest BCUT2D eigenvalue weighted by molar-refractivity contribution is 5.95. The Bertz CT molecular complexity index is 227. The van der Waals surface area contributed by atoms with Crippen molar-refractivity contribution >= 4 is 11.9 Å². The molecule has 74 valence electrons. The highest BCUT2D eigenvalue weighted by atomic mass is 16.7. The van der Waals surface area contributed by atoms with Gasteiger partial charge >= 0.3 is 11.9 Å². The van der Waals surface area contributed by atoms with Crippen molar-refractivity contribution in [1.82, 2.24) is 0 Å². The Morgan fingerprint density at radius 3 is 1.92 bits per heavy atom. The molecule has 13 heavy (non-hydrogen) atoms. The molecule has 2 N–H and O–H groups in total. The molecule has 0 saturated carbocycles. The van der Waals surface area contributed by atoms with E-state index in [2.05, 4.69) is 9.47 Å². The first kappa shape index (κ1) is 11.6. The summed E-state index contributed by atoms with van der Waals surface area (Å²) in [6.45, 7) is 0. The van der Waals surface area contributed by atoms with Gasteiger partial charge in [-0.3, -0.25) is 0 Å². The SMILES string of the molecule is COC(OC)/C(=C/C(=O)O)C(=O)O. The summed E-state index contributed by atoms with van der Waals surface area (Å²) in [5.41, 5.74) is -0.461. The molecule has 0 heterocycles. The second-order valence-electron chi connectivity index (χ2n) is 2.05. The minimum Gasteiger partial charge on any atom is -0.478 e. The van der Waals surface area contributed by atoms with Gasteiger partial charge in [-0.05, 0) is 0 Å². The molecule has 0 amide bonds. The number of hydrogen-bond acceptors (Lipinski definition) is 4. The van der Waals surface area contributed by atoms with Gasteiger partial charge in [0.1, 0.15) is 0 Å². The van der Waals surface area contributed by atoms with Gasteiger partial charge in [0, 0.05) is 20.3 Å². The number of methoxy groups -OCH3 is 2. The first-order valence-corrected chi connectivity index (χ1v) is 3.26. The Morgan fingerprint density at radius 1 is 1.23 bits per heavy atom. The van der Waals surface area contributed by atoms with Gasteiger partial charge in [0.05, 0.1) is 5.57 Å². The molecule has 0 spiro atoms. The van der Waals surface area contributed by atoms with Gasteiger partial charge in [-0.1, -0.05) is 0 Å². The summed E-state index contributed by atoms with van der Waals surface area (Å²) in [7, 11) is 2.43. The maximum absolute atomic E-state index is 10.5. The van der Waals surface area contributed by atoms with Gasteiger partial charge < -0.3 is 19.7 Å². The fourth-order valence-corrected chi connectivity index (χ4v) is 0.714. The minimum atomic E-state index is -1.39. The molecule has 0 rings (SSSR count). The Hall–Kier alpha value is -1.40. The van der Waals surface area contributed by atoms with Crippen molar-refractivity contribution in [1.29, 1.82) is 0 Å². The largest absolute Gasteiger partial charge is 0.478 e. The van der Waals surface area contributed by atoms with E-state index in [0.29, 0.717) is 6.08 Å². The normalized spacial score (nSPS) is 11.8. The number of carboxylic acids is 2. The summed E-state index contributed by atoms with van der Waals surface area (Å²) in [6.07, 6.45) is -0.645. The van der Waals surface area contributed by atoms with Gasteiger partial charge in [0.15, 0.2) is 6.29 Å². The van der Waals surface area contributed by atoms with Gasteiger partial charge in [-0.25, -0.2) is 9.59 Å². The van der Waals surface area contributed by atoms with E-state index in [4.69, 9.17) is 10.2 Å². The van der Waals surface area contributed by atoms with E-state index < -0.39 is 23.8 Å². The number of ether oxygens (including phenoxy) is 2. The number of aliphatic carboxylic acids is 2. The van der Waals surface area contributed by atoms with Crippen LogP contribution in [0.3, 0.4) is 0 Å². The van der Waals surface area contributed by atoms with Crippen molar-refractivity contribution in [3.05, 3.63) is 11.6 Å². The first-order chi connectivity index (χ1) is 6.02. The fourth-order valence-electron chi connectivity index (χ4n) is 0.714. The van der Waals surface area contributed by atoms with Crippen LogP contribution in [0.1, 0.15) is 0 Å². The quantitative estimate of drug-likeness (QED) is 0.456. The van der Waals surface area contributed by atoms with E-state index in [9.17, 15) is 9.59 Å². The van der Waals surface area contributed by atoms with Crippen molar-refractivity contribution in [2.24, 2.45) is 0 Å². The Balaban J connectivity index is 4.78. The highest BCUT2D eigenvalue weighted by Gasteiger charge is 2.20. The molecule has 0 fully saturated rings. The van der Waals surface area contributed by atoms with E-state index in [1.54, 1.807) is 0 Å². The topological polar surface area (TPSA) is 93.1 Å². The molecule has 0 aliphatic heterocycles. The summed E-state index contributed by atoms with van der Waals surface area (Å²) in [5.74, 6) is -2.76. The Labute approximate surface area is 74.4 Å². The average Bonchev–Trinajstić information content (AvgIpc) is 2.04. The lowest BCUT2D eigenvalue weighted by Gasteiger charge is -2.12. The number of rotatable bonds is 5. The molecule has 0 aliphatic carbocycles. The van der Waals surface area contributed by atoms with Crippen molar-refractivity contribution in [2.45, 2.75) is 6.29 Å². The number of carbonyl (C=O) groups is 2. The van der Waals surface area contributed by atoms with E-state index in [1.807, 2.05) is 0 Å². The van der Waals surface area contributed by atoms with Gasteiger partial charge in [0.2, 0.25) is 0 Å². The monoisotopic (exact) mass is 190 g/mol.